The van der Waals surface area contributed by atoms with E-state index in [-0.39, 0.29) is 6.04 Å². The summed E-state index contributed by atoms with van der Waals surface area (Å²) in [6.45, 7) is 6.85. The van der Waals surface area contributed by atoms with E-state index in [1.165, 1.54) is 12.1 Å². The fourth-order valence-electron chi connectivity index (χ4n) is 3.07. The Hall–Kier alpha value is -2.44. The first-order valence-electron chi connectivity index (χ1n) is 8.89. The molecule has 1 aromatic carbocycles. The molecule has 1 atom stereocenters. The number of aryl methyl sites for hydroxylation is 1. The molecule has 0 fully saturated rings. The van der Waals surface area contributed by atoms with Crippen LogP contribution in [0.3, 0.4) is 0 Å². The minimum Gasteiger partial charge on any atom is -0.370 e. The molecule has 1 aliphatic heterocycles. The van der Waals surface area contributed by atoms with Crippen LogP contribution in [-0.4, -0.2) is 50.2 Å². The van der Waals surface area contributed by atoms with Gasteiger partial charge in [0.25, 0.3) is 0 Å². The van der Waals surface area contributed by atoms with Gasteiger partial charge >= 0.3 is 0 Å². The molecular weight excluding hydrogens is 346 g/mol. The van der Waals surface area contributed by atoms with E-state index in [0.29, 0.717) is 24.2 Å². The van der Waals surface area contributed by atoms with Gasteiger partial charge in [0.15, 0.2) is 11.6 Å². The van der Waals surface area contributed by atoms with E-state index in [9.17, 15) is 8.78 Å². The van der Waals surface area contributed by atoms with Crippen molar-refractivity contribution in [3.8, 4) is 0 Å². The fourth-order valence-corrected chi connectivity index (χ4v) is 3.07. The molecule has 0 amide bonds. The average Bonchev–Trinajstić information content (AvgIpc) is 2.64. The topological polar surface area (TPSA) is 30.5 Å². The number of likely N-dealkylation sites (N-methyl/N-ethyl adjacent to an activating group) is 2. The van der Waals surface area contributed by atoms with Crippen molar-refractivity contribution in [2.24, 2.45) is 0 Å². The molecule has 0 bridgehead atoms. The monoisotopic (exact) mass is 374 g/mol. The number of hydrogen-bond donors (Lipinski definition) is 2. The number of benzene rings is 1. The van der Waals surface area contributed by atoms with Crippen molar-refractivity contribution in [1.29, 1.82) is 0 Å². The summed E-state index contributed by atoms with van der Waals surface area (Å²) in [5.74, 6) is -1.66. The first-order valence-corrected chi connectivity index (χ1v) is 8.89. The van der Waals surface area contributed by atoms with Crippen molar-refractivity contribution in [2.45, 2.75) is 13.0 Å². The van der Waals surface area contributed by atoms with Crippen molar-refractivity contribution in [3.63, 3.8) is 0 Å². The summed E-state index contributed by atoms with van der Waals surface area (Å²) in [6, 6.07) is 2.43. The molecule has 6 heteroatoms. The van der Waals surface area contributed by atoms with Gasteiger partial charge < -0.3 is 15.2 Å². The first kappa shape index (κ1) is 20.9. The van der Waals surface area contributed by atoms with Gasteiger partial charge in [-0.15, -0.1) is 6.58 Å². The van der Waals surface area contributed by atoms with Crippen molar-refractivity contribution in [1.82, 2.24) is 20.7 Å². The van der Waals surface area contributed by atoms with Gasteiger partial charge in [0, 0.05) is 44.6 Å². The zero-order chi connectivity index (χ0) is 20.0. The fraction of sp³-hybridized carbons (Fsp3) is 0.333. The van der Waals surface area contributed by atoms with Crippen LogP contribution < -0.4 is 10.7 Å². The summed E-state index contributed by atoms with van der Waals surface area (Å²) < 4.78 is 27.5. The van der Waals surface area contributed by atoms with Crippen LogP contribution in [0.4, 0.5) is 8.78 Å². The summed E-state index contributed by atoms with van der Waals surface area (Å²) in [7, 11) is 5.73. The van der Waals surface area contributed by atoms with Gasteiger partial charge in [-0.2, -0.15) is 0 Å². The second-order valence-electron chi connectivity index (χ2n) is 6.54. The molecule has 0 aliphatic carbocycles. The second-order valence-corrected chi connectivity index (χ2v) is 6.54. The molecule has 1 aromatic rings. The van der Waals surface area contributed by atoms with Crippen LogP contribution in [-0.2, 0) is 0 Å². The second kappa shape index (κ2) is 9.48. The van der Waals surface area contributed by atoms with Crippen LogP contribution in [0.1, 0.15) is 11.1 Å². The Kier molecular flexibility index (Phi) is 7.33. The quantitative estimate of drug-likeness (QED) is 0.540. The molecule has 2 N–H and O–H groups in total. The van der Waals surface area contributed by atoms with Crippen LogP contribution in [0.15, 0.2) is 54.8 Å². The van der Waals surface area contributed by atoms with E-state index in [1.54, 1.807) is 13.0 Å². The van der Waals surface area contributed by atoms with Crippen LogP contribution in [0.5, 0.6) is 0 Å². The number of nitrogens with zero attached hydrogens (tertiary/aromatic N) is 2. The molecule has 2 rings (SSSR count). The summed E-state index contributed by atoms with van der Waals surface area (Å²) in [5, 5.41) is 5.14. The van der Waals surface area contributed by atoms with E-state index in [4.69, 9.17) is 0 Å². The van der Waals surface area contributed by atoms with Crippen molar-refractivity contribution >= 4 is 5.70 Å². The Morgan fingerprint density at radius 1 is 1.33 bits per heavy atom. The Bertz CT molecular complexity index is 768. The SMILES string of the molecule is C=CCNN(C)/C=C\C(NC)C1=C(c2cc(F)c(F)cc2C)N(C)CC=C1. The first-order chi connectivity index (χ1) is 12.9. The molecule has 146 valence electrons. The van der Waals surface area contributed by atoms with Gasteiger partial charge in [-0.3, -0.25) is 0 Å². The lowest BCUT2D eigenvalue weighted by Gasteiger charge is -2.31. The third-order valence-electron chi connectivity index (χ3n) is 4.49. The maximum atomic E-state index is 13.9. The number of hydrogen-bond acceptors (Lipinski definition) is 4. The van der Waals surface area contributed by atoms with Crippen molar-refractivity contribution < 1.29 is 8.78 Å². The van der Waals surface area contributed by atoms with Gasteiger partial charge in [-0.1, -0.05) is 18.2 Å². The van der Waals surface area contributed by atoms with E-state index in [1.807, 2.05) is 49.4 Å². The maximum Gasteiger partial charge on any atom is 0.159 e. The van der Waals surface area contributed by atoms with Crippen molar-refractivity contribution in [2.75, 3.05) is 34.2 Å². The Morgan fingerprint density at radius 2 is 2.04 bits per heavy atom. The summed E-state index contributed by atoms with van der Waals surface area (Å²) >= 11 is 0. The minimum absolute atomic E-state index is 0.0977. The smallest absolute Gasteiger partial charge is 0.159 e. The van der Waals surface area contributed by atoms with E-state index >= 15 is 0 Å². The Morgan fingerprint density at radius 3 is 2.70 bits per heavy atom. The minimum atomic E-state index is -0.838. The molecular formula is C21H28F2N4. The highest BCUT2D eigenvalue weighted by atomic mass is 19.2. The highest BCUT2D eigenvalue weighted by molar-refractivity contribution is 5.74. The van der Waals surface area contributed by atoms with Crippen molar-refractivity contribution in [3.05, 3.63) is 77.6 Å². The van der Waals surface area contributed by atoms with Crippen LogP contribution in [0.2, 0.25) is 0 Å². The molecule has 0 saturated carbocycles. The van der Waals surface area contributed by atoms with Gasteiger partial charge in [-0.05, 0) is 43.3 Å². The number of rotatable bonds is 8. The lowest BCUT2D eigenvalue weighted by atomic mass is 9.93. The molecule has 1 heterocycles. The largest absolute Gasteiger partial charge is 0.370 e. The van der Waals surface area contributed by atoms with Gasteiger partial charge in [-0.25, -0.2) is 14.2 Å². The molecule has 1 unspecified atom stereocenters. The maximum absolute atomic E-state index is 13.9. The van der Waals surface area contributed by atoms with Gasteiger partial charge in [0.2, 0.25) is 0 Å². The van der Waals surface area contributed by atoms with E-state index in [2.05, 4.69) is 23.4 Å². The Labute approximate surface area is 160 Å². The lowest BCUT2D eigenvalue weighted by Crippen LogP contribution is -2.33. The molecule has 0 spiro atoms. The van der Waals surface area contributed by atoms with E-state index in [0.717, 1.165) is 11.3 Å². The number of nitrogens with one attached hydrogen (secondary N) is 2. The highest BCUT2D eigenvalue weighted by Gasteiger charge is 2.22. The highest BCUT2D eigenvalue weighted by Crippen LogP contribution is 2.31. The zero-order valence-electron chi connectivity index (χ0n) is 16.4. The summed E-state index contributed by atoms with van der Waals surface area (Å²) in [6.07, 6.45) is 9.83. The third-order valence-corrected chi connectivity index (χ3v) is 4.49. The molecule has 27 heavy (non-hydrogen) atoms. The molecule has 0 aromatic heterocycles. The standard InChI is InChI=1S/C21H28F2N4/c1-6-10-25-27(5)12-9-20(24-3)16-8-7-11-26(4)21(16)17-14-19(23)18(22)13-15(17)2/h6-9,12-14,20,24-25H,1,10-11H2,2-5H3/b12-9-. The molecule has 0 saturated heterocycles. The third kappa shape index (κ3) is 5.05. The van der Waals surface area contributed by atoms with Gasteiger partial charge in [0.1, 0.15) is 0 Å². The van der Waals surface area contributed by atoms with Crippen LogP contribution >= 0.6 is 0 Å². The molecule has 1 aliphatic rings. The summed E-state index contributed by atoms with van der Waals surface area (Å²) in [4.78, 5) is 2.05. The predicted octanol–water partition coefficient (Wildman–Crippen LogP) is 3.21. The average molecular weight is 374 g/mol. The number of halogens is 2. The number of hydrazine groups is 1. The van der Waals surface area contributed by atoms with E-state index < -0.39 is 11.6 Å². The predicted molar refractivity (Wildman–Crippen MR) is 108 cm³/mol. The normalized spacial score (nSPS) is 15.6. The molecule has 4 nitrogen and oxygen atoms in total. The molecule has 0 radical (unpaired) electrons. The van der Waals surface area contributed by atoms with Gasteiger partial charge in [0.05, 0.1) is 6.04 Å². The van der Waals surface area contributed by atoms with Crippen LogP contribution in [0.25, 0.3) is 5.70 Å². The lowest BCUT2D eigenvalue weighted by molar-refractivity contribution is 0.345. The Balaban J connectivity index is 2.46. The van der Waals surface area contributed by atoms with Crippen LogP contribution in [0, 0.1) is 18.6 Å². The summed E-state index contributed by atoms with van der Waals surface area (Å²) in [5.41, 5.74) is 6.43. The zero-order valence-corrected chi connectivity index (χ0v) is 16.4.